The van der Waals surface area contributed by atoms with Crippen LogP contribution in [-0.2, 0) is 11.3 Å². The summed E-state index contributed by atoms with van der Waals surface area (Å²) >= 11 is 0. The first-order chi connectivity index (χ1) is 11.8. The van der Waals surface area contributed by atoms with E-state index >= 15 is 0 Å². The van der Waals surface area contributed by atoms with E-state index in [0.29, 0.717) is 12.5 Å². The zero-order valence-corrected chi connectivity index (χ0v) is 13.6. The molecule has 1 N–H and O–H groups in total. The van der Waals surface area contributed by atoms with Crippen LogP contribution in [0.15, 0.2) is 48.8 Å². The Morgan fingerprint density at radius 2 is 1.96 bits per heavy atom. The van der Waals surface area contributed by atoms with Gasteiger partial charge in [0.2, 0.25) is 0 Å². The van der Waals surface area contributed by atoms with Gasteiger partial charge in [-0.25, -0.2) is 4.79 Å². The Hall–Kier alpha value is -2.63. The second-order valence-corrected chi connectivity index (χ2v) is 5.98. The number of amides is 1. The molecule has 6 nitrogen and oxygen atoms in total. The molecule has 0 bridgehead atoms. The highest BCUT2D eigenvalue weighted by Crippen LogP contribution is 2.19. The van der Waals surface area contributed by atoms with Crippen LogP contribution in [0.3, 0.4) is 0 Å². The fourth-order valence-electron chi connectivity index (χ4n) is 2.79. The van der Waals surface area contributed by atoms with E-state index in [0.717, 1.165) is 43.7 Å². The second kappa shape index (κ2) is 8.29. The third kappa shape index (κ3) is 4.68. The molecule has 6 heteroatoms. The van der Waals surface area contributed by atoms with Crippen LogP contribution < -0.4 is 5.32 Å². The van der Waals surface area contributed by atoms with Crippen LogP contribution >= 0.6 is 0 Å². The summed E-state index contributed by atoms with van der Waals surface area (Å²) in [6, 6.07) is 11.7. The maximum absolute atomic E-state index is 12.1. The summed E-state index contributed by atoms with van der Waals surface area (Å²) in [5.74, 6) is 0.552. The smallest absolute Gasteiger partial charge is 0.410 e. The molecule has 1 aliphatic heterocycles. The van der Waals surface area contributed by atoms with E-state index in [2.05, 4.69) is 15.5 Å². The highest BCUT2D eigenvalue weighted by molar-refractivity contribution is 5.67. The van der Waals surface area contributed by atoms with E-state index in [4.69, 9.17) is 4.74 Å². The van der Waals surface area contributed by atoms with Gasteiger partial charge in [-0.05, 0) is 30.4 Å². The number of hydrogen-bond acceptors (Lipinski definition) is 5. The second-order valence-electron chi connectivity index (χ2n) is 5.98. The lowest BCUT2D eigenvalue weighted by Gasteiger charge is -2.31. The molecule has 1 amide bonds. The van der Waals surface area contributed by atoms with E-state index in [1.54, 1.807) is 17.3 Å². The number of nitrogens with one attached hydrogen (secondary N) is 1. The molecule has 1 saturated heterocycles. The quantitative estimate of drug-likeness (QED) is 0.915. The van der Waals surface area contributed by atoms with Crippen molar-refractivity contribution >= 4 is 11.8 Å². The molecular weight excluding hydrogens is 304 g/mol. The molecule has 0 spiro atoms. The maximum Gasteiger partial charge on any atom is 0.410 e. The number of aromatic nitrogens is 2. The fraction of sp³-hybridized carbons (Fsp3) is 0.389. The monoisotopic (exact) mass is 326 g/mol. The molecule has 1 aromatic carbocycles. The molecule has 1 fully saturated rings. The van der Waals surface area contributed by atoms with Crippen LogP contribution in [0.4, 0.5) is 10.5 Å². The lowest BCUT2D eigenvalue weighted by Crippen LogP contribution is -2.40. The topological polar surface area (TPSA) is 67.3 Å². The number of anilines is 1. The SMILES string of the molecule is O=C(OCc1ccccc1)N1CCC(CNc2ccnnc2)CC1. The Kier molecular flexibility index (Phi) is 5.61. The highest BCUT2D eigenvalue weighted by atomic mass is 16.6. The lowest BCUT2D eigenvalue weighted by molar-refractivity contribution is 0.0832. The summed E-state index contributed by atoms with van der Waals surface area (Å²) in [6.07, 6.45) is 5.13. The van der Waals surface area contributed by atoms with E-state index < -0.39 is 0 Å². The summed E-state index contributed by atoms with van der Waals surface area (Å²) in [7, 11) is 0. The molecule has 2 aromatic rings. The number of hydrogen-bond donors (Lipinski definition) is 1. The van der Waals surface area contributed by atoms with Crippen LogP contribution in [0.25, 0.3) is 0 Å². The van der Waals surface area contributed by atoms with Gasteiger partial charge in [-0.1, -0.05) is 30.3 Å². The number of rotatable bonds is 5. The Bertz CT molecular complexity index is 628. The number of piperidine rings is 1. The summed E-state index contributed by atoms with van der Waals surface area (Å²) in [5.41, 5.74) is 1.99. The number of ether oxygens (including phenoxy) is 1. The van der Waals surface area contributed by atoms with Crippen molar-refractivity contribution in [2.24, 2.45) is 5.92 Å². The molecule has 0 saturated carbocycles. The van der Waals surface area contributed by atoms with E-state index in [1.165, 1.54) is 0 Å². The van der Waals surface area contributed by atoms with Gasteiger partial charge in [0, 0.05) is 19.6 Å². The van der Waals surface area contributed by atoms with Crippen LogP contribution in [0, 0.1) is 5.92 Å². The zero-order valence-electron chi connectivity index (χ0n) is 13.6. The van der Waals surface area contributed by atoms with Gasteiger partial charge in [0.05, 0.1) is 18.1 Å². The summed E-state index contributed by atoms with van der Waals surface area (Å²) < 4.78 is 5.39. The molecule has 0 atom stereocenters. The Morgan fingerprint density at radius 3 is 2.67 bits per heavy atom. The summed E-state index contributed by atoms with van der Waals surface area (Å²) in [4.78, 5) is 13.9. The highest BCUT2D eigenvalue weighted by Gasteiger charge is 2.23. The molecule has 0 aliphatic carbocycles. The molecule has 24 heavy (non-hydrogen) atoms. The zero-order chi connectivity index (χ0) is 16.6. The normalized spacial score (nSPS) is 15.1. The number of likely N-dealkylation sites (tertiary alicyclic amines) is 1. The van der Waals surface area contributed by atoms with Crippen molar-refractivity contribution in [3.8, 4) is 0 Å². The van der Waals surface area contributed by atoms with Gasteiger partial charge in [0.25, 0.3) is 0 Å². The third-order valence-corrected chi connectivity index (χ3v) is 4.26. The van der Waals surface area contributed by atoms with Crippen molar-refractivity contribution in [3.05, 3.63) is 54.4 Å². The first-order valence-electron chi connectivity index (χ1n) is 8.27. The maximum atomic E-state index is 12.1. The van der Waals surface area contributed by atoms with Crippen molar-refractivity contribution in [1.82, 2.24) is 15.1 Å². The standard InChI is InChI=1S/C18H22N4O2/c23-18(24-14-16-4-2-1-3-5-16)22-10-7-15(8-11-22)12-19-17-6-9-20-21-13-17/h1-6,9,13,15H,7-8,10-12,14H2,(H,19,20). The minimum Gasteiger partial charge on any atom is -0.445 e. The fourth-order valence-corrected chi connectivity index (χ4v) is 2.79. The van der Waals surface area contributed by atoms with Crippen molar-refractivity contribution in [3.63, 3.8) is 0 Å². The minimum absolute atomic E-state index is 0.219. The van der Waals surface area contributed by atoms with Crippen LogP contribution in [-0.4, -0.2) is 40.8 Å². The van der Waals surface area contributed by atoms with Crippen molar-refractivity contribution in [1.29, 1.82) is 0 Å². The Morgan fingerprint density at radius 1 is 1.17 bits per heavy atom. The minimum atomic E-state index is -0.219. The molecule has 126 valence electrons. The van der Waals surface area contributed by atoms with Gasteiger partial charge < -0.3 is 15.0 Å². The van der Waals surface area contributed by atoms with Gasteiger partial charge >= 0.3 is 6.09 Å². The Balaban J connectivity index is 1.37. The molecule has 0 unspecified atom stereocenters. The predicted molar refractivity (Wildman–Crippen MR) is 91.4 cm³/mol. The third-order valence-electron chi connectivity index (χ3n) is 4.26. The molecular formula is C18H22N4O2. The van der Waals surface area contributed by atoms with Crippen molar-refractivity contribution in [2.75, 3.05) is 25.0 Å². The number of nitrogens with zero attached hydrogens (tertiary/aromatic N) is 3. The molecule has 1 aliphatic rings. The van der Waals surface area contributed by atoms with Crippen molar-refractivity contribution in [2.45, 2.75) is 19.4 Å². The van der Waals surface area contributed by atoms with Gasteiger partial charge in [-0.2, -0.15) is 10.2 Å². The van der Waals surface area contributed by atoms with E-state index in [9.17, 15) is 4.79 Å². The molecule has 0 radical (unpaired) electrons. The number of carbonyl (C=O) groups is 1. The summed E-state index contributed by atoms with van der Waals surface area (Å²) in [5, 5.41) is 11.0. The van der Waals surface area contributed by atoms with Gasteiger partial charge in [0.15, 0.2) is 0 Å². The van der Waals surface area contributed by atoms with E-state index in [1.807, 2.05) is 36.4 Å². The lowest BCUT2D eigenvalue weighted by atomic mass is 9.97. The Labute approximate surface area is 141 Å². The van der Waals surface area contributed by atoms with Crippen molar-refractivity contribution < 1.29 is 9.53 Å². The largest absolute Gasteiger partial charge is 0.445 e. The molecule has 3 rings (SSSR count). The van der Waals surface area contributed by atoms with Gasteiger partial charge in [0.1, 0.15) is 6.61 Å². The van der Waals surface area contributed by atoms with Gasteiger partial charge in [-0.15, -0.1) is 0 Å². The molecule has 1 aromatic heterocycles. The first kappa shape index (κ1) is 16.2. The van der Waals surface area contributed by atoms with E-state index in [-0.39, 0.29) is 6.09 Å². The average Bonchev–Trinajstić information content (AvgIpc) is 2.66. The van der Waals surface area contributed by atoms with Crippen LogP contribution in [0.1, 0.15) is 18.4 Å². The number of carbonyl (C=O) groups excluding carboxylic acids is 1. The van der Waals surface area contributed by atoms with Gasteiger partial charge in [-0.3, -0.25) is 0 Å². The number of benzene rings is 1. The average molecular weight is 326 g/mol. The first-order valence-corrected chi connectivity index (χ1v) is 8.27. The summed E-state index contributed by atoms with van der Waals surface area (Å²) in [6.45, 7) is 2.71. The van der Waals surface area contributed by atoms with Crippen LogP contribution in [0.5, 0.6) is 0 Å². The van der Waals surface area contributed by atoms with Crippen LogP contribution in [0.2, 0.25) is 0 Å². The molecule has 2 heterocycles. The predicted octanol–water partition coefficient (Wildman–Crippen LogP) is 2.94.